The van der Waals surface area contributed by atoms with Gasteiger partial charge in [0.15, 0.2) is 11.5 Å². The monoisotopic (exact) mass is 576 g/mol. The summed E-state index contributed by atoms with van der Waals surface area (Å²) in [7, 11) is 0. The highest BCUT2D eigenvalue weighted by Gasteiger charge is 2.75. The average Bonchev–Trinajstić information content (AvgIpc) is 3.06. The van der Waals surface area contributed by atoms with Crippen molar-refractivity contribution in [1.29, 1.82) is 0 Å². The van der Waals surface area contributed by atoms with Gasteiger partial charge in [-0.15, -0.1) is 0 Å². The molecule has 0 unspecified atom stereocenters. The van der Waals surface area contributed by atoms with Gasteiger partial charge in [0.2, 0.25) is 0 Å². The molecule has 37 heavy (non-hydrogen) atoms. The largest absolute Gasteiger partial charge is 0.390 e. The molecule has 3 fully saturated rings. The number of allylic oxidation sites excluding steroid dienone is 4. The number of fused-ring (bicyclic) bond motifs is 5. The number of alkyl halides is 1. The Bertz CT molecular complexity index is 1200. The lowest BCUT2D eigenvalue weighted by Crippen LogP contribution is -2.69. The van der Waals surface area contributed by atoms with Gasteiger partial charge >= 0.3 is 0 Å². The maximum absolute atomic E-state index is 17.4. The maximum Gasteiger partial charge on any atom is 0.190 e. The highest BCUT2D eigenvalue weighted by atomic mass is 79.9. The third-order valence-electron chi connectivity index (χ3n) is 9.97. The molecule has 4 aliphatic carbocycles. The Morgan fingerprint density at radius 2 is 2.08 bits per heavy atom. The predicted octanol–water partition coefficient (Wildman–Crippen LogP) is 4.06. The Morgan fingerprint density at radius 1 is 1.32 bits per heavy atom. The Labute approximate surface area is 224 Å². The molecule has 5 rings (SSSR count). The summed E-state index contributed by atoms with van der Waals surface area (Å²) in [6, 6.07) is 1.89. The zero-order valence-electron chi connectivity index (χ0n) is 21.3. The molecule has 0 aromatic carbocycles. The van der Waals surface area contributed by atoms with E-state index in [9.17, 15) is 20.1 Å². The number of oxime groups is 1. The molecule has 1 heterocycles. The molecule has 9 heteroatoms. The highest BCUT2D eigenvalue weighted by molar-refractivity contribution is 9.10. The van der Waals surface area contributed by atoms with Crippen LogP contribution < -0.4 is 0 Å². The van der Waals surface area contributed by atoms with Crippen LogP contribution in [0.1, 0.15) is 52.0 Å². The van der Waals surface area contributed by atoms with Crippen molar-refractivity contribution in [2.24, 2.45) is 33.7 Å². The number of carbonyl (C=O) groups excluding carboxylic acids is 1. The maximum atomic E-state index is 17.4. The quantitative estimate of drug-likeness (QED) is 0.456. The van der Waals surface area contributed by atoms with Crippen molar-refractivity contribution >= 4 is 27.4 Å². The van der Waals surface area contributed by atoms with Gasteiger partial charge in [0, 0.05) is 39.2 Å². The van der Waals surface area contributed by atoms with Crippen molar-refractivity contribution in [2.75, 3.05) is 6.61 Å². The van der Waals surface area contributed by atoms with Crippen LogP contribution in [0.25, 0.3) is 0 Å². The molecular formula is C28H34BrFN2O5. The first-order valence-corrected chi connectivity index (χ1v) is 13.6. The fourth-order valence-electron chi connectivity index (χ4n) is 8.04. The van der Waals surface area contributed by atoms with Crippen LogP contribution in [0.15, 0.2) is 51.9 Å². The van der Waals surface area contributed by atoms with E-state index >= 15 is 4.39 Å². The van der Waals surface area contributed by atoms with Gasteiger partial charge in [-0.2, -0.15) is 0 Å². The van der Waals surface area contributed by atoms with Crippen LogP contribution in [-0.2, 0) is 16.2 Å². The van der Waals surface area contributed by atoms with Crippen molar-refractivity contribution in [3.8, 4) is 0 Å². The van der Waals surface area contributed by atoms with E-state index in [1.165, 1.54) is 0 Å². The standard InChI is InChI=1S/C28H34BrFN2O5/c1-16-8-22-21-5-4-18-10-20(32-37-15-17-9-19(29)13-31-12-17)6-7-25(18,2)27(21,30)23(34)11-26(22,3)28(16,36)24(35)14-33/h6-7,9-10,12-13,16,21-23,33-34,36H,4-5,8,11,14-15H2,1-3H3/b32-20+/t16-,21+,22+,23+,25+,26+,27+,28+/m1/s1. The van der Waals surface area contributed by atoms with Gasteiger partial charge in [-0.1, -0.05) is 30.7 Å². The number of rotatable bonds is 5. The molecule has 0 aliphatic heterocycles. The number of carbonyl (C=O) groups is 1. The number of aromatic nitrogens is 1. The highest BCUT2D eigenvalue weighted by Crippen LogP contribution is 2.70. The predicted molar refractivity (Wildman–Crippen MR) is 139 cm³/mol. The summed E-state index contributed by atoms with van der Waals surface area (Å²) in [5.41, 5.74) is -3.58. The number of aliphatic hydroxyl groups is 3. The molecule has 8 atom stereocenters. The first-order valence-electron chi connectivity index (χ1n) is 12.8. The van der Waals surface area contributed by atoms with Crippen molar-refractivity contribution < 1.29 is 29.3 Å². The van der Waals surface area contributed by atoms with E-state index in [0.717, 1.165) is 15.6 Å². The normalized spacial score (nSPS) is 43.6. The molecular weight excluding hydrogens is 543 g/mol. The zero-order chi connectivity index (χ0) is 26.8. The van der Waals surface area contributed by atoms with E-state index in [2.05, 4.69) is 26.1 Å². The molecule has 4 aliphatic rings. The van der Waals surface area contributed by atoms with Crippen LogP contribution >= 0.6 is 15.9 Å². The van der Waals surface area contributed by atoms with Gasteiger partial charge in [0.25, 0.3) is 0 Å². The van der Waals surface area contributed by atoms with Gasteiger partial charge in [-0.05, 0) is 78.6 Å². The molecule has 7 nitrogen and oxygen atoms in total. The van der Waals surface area contributed by atoms with Crippen LogP contribution in [-0.4, -0.2) is 55.8 Å². The average molecular weight is 577 g/mol. The first-order chi connectivity index (χ1) is 17.4. The number of hydrogen-bond donors (Lipinski definition) is 3. The lowest BCUT2D eigenvalue weighted by atomic mass is 9.44. The van der Waals surface area contributed by atoms with Crippen LogP contribution in [0, 0.1) is 28.6 Å². The van der Waals surface area contributed by atoms with Gasteiger partial charge in [0.1, 0.15) is 24.5 Å². The molecule has 200 valence electrons. The van der Waals surface area contributed by atoms with Crippen molar-refractivity contribution in [3.63, 3.8) is 0 Å². The number of aliphatic hydroxyl groups excluding tert-OH is 2. The smallest absolute Gasteiger partial charge is 0.190 e. The number of nitrogens with zero attached hydrogens (tertiary/aromatic N) is 2. The van der Waals surface area contributed by atoms with E-state index in [1.807, 2.05) is 19.1 Å². The molecule has 0 amide bonds. The van der Waals surface area contributed by atoms with Crippen LogP contribution in [0.2, 0.25) is 0 Å². The van der Waals surface area contributed by atoms with Gasteiger partial charge in [-0.3, -0.25) is 9.78 Å². The number of Topliss-reactive ketones (excluding diaryl/α,β-unsaturated/α-hetero) is 1. The van der Waals surface area contributed by atoms with Crippen LogP contribution in [0.3, 0.4) is 0 Å². The Hall–Kier alpha value is -1.94. The molecule has 0 saturated heterocycles. The summed E-state index contributed by atoms with van der Waals surface area (Å²) in [6.45, 7) is 4.85. The van der Waals surface area contributed by atoms with Crippen LogP contribution in [0.4, 0.5) is 4.39 Å². The first kappa shape index (κ1) is 26.7. The van der Waals surface area contributed by atoms with Crippen molar-refractivity contribution in [1.82, 2.24) is 4.98 Å². The second kappa shape index (κ2) is 9.07. The summed E-state index contributed by atoms with van der Waals surface area (Å²) in [5, 5.41) is 36.8. The summed E-state index contributed by atoms with van der Waals surface area (Å²) in [4.78, 5) is 22.4. The zero-order valence-corrected chi connectivity index (χ0v) is 22.9. The van der Waals surface area contributed by atoms with Crippen molar-refractivity contribution in [3.05, 3.63) is 52.3 Å². The minimum atomic E-state index is -1.97. The van der Waals surface area contributed by atoms with Gasteiger partial charge < -0.3 is 20.2 Å². The lowest BCUT2D eigenvalue weighted by Gasteiger charge is -2.62. The number of ketones is 1. The topological polar surface area (TPSA) is 112 Å². The van der Waals surface area contributed by atoms with Crippen molar-refractivity contribution in [2.45, 2.75) is 70.4 Å². The second-order valence-corrected chi connectivity index (χ2v) is 12.6. The summed E-state index contributed by atoms with van der Waals surface area (Å²) >= 11 is 3.38. The van der Waals surface area contributed by atoms with E-state index in [1.54, 1.807) is 38.4 Å². The van der Waals surface area contributed by atoms with Gasteiger partial charge in [-0.25, -0.2) is 4.39 Å². The summed E-state index contributed by atoms with van der Waals surface area (Å²) in [5.74, 6) is -1.95. The van der Waals surface area contributed by atoms with Crippen LogP contribution in [0.5, 0.6) is 0 Å². The van der Waals surface area contributed by atoms with E-state index in [0.29, 0.717) is 25.0 Å². The minimum absolute atomic E-state index is 0.0569. The Balaban J connectivity index is 1.42. The third-order valence-corrected chi connectivity index (χ3v) is 10.4. The molecule has 3 saturated carbocycles. The second-order valence-electron chi connectivity index (χ2n) is 11.6. The molecule has 0 bridgehead atoms. The molecule has 0 radical (unpaired) electrons. The van der Waals surface area contributed by atoms with Gasteiger partial charge in [0.05, 0.1) is 6.10 Å². The Morgan fingerprint density at radius 3 is 2.78 bits per heavy atom. The molecule has 1 aromatic heterocycles. The summed E-state index contributed by atoms with van der Waals surface area (Å²) < 4.78 is 18.2. The number of halogens is 2. The SMILES string of the molecule is C[C@@H]1C[C@H]2[C@@H]3CCC4=C/C(=N/OCc5cncc(Br)c5)C=C[C@]4(C)[C@@]3(F)[C@@H](O)C[C@]2(C)[C@@]1(O)C(=O)CO. The number of pyridine rings is 1. The minimum Gasteiger partial charge on any atom is -0.390 e. The summed E-state index contributed by atoms with van der Waals surface area (Å²) in [6.07, 6.45) is 8.85. The van der Waals surface area contributed by atoms with E-state index < -0.39 is 52.4 Å². The molecule has 1 aromatic rings. The van der Waals surface area contributed by atoms with E-state index in [4.69, 9.17) is 4.84 Å². The fourth-order valence-corrected chi connectivity index (χ4v) is 8.46. The third kappa shape index (κ3) is 3.64. The fraction of sp³-hybridized carbons (Fsp3) is 0.607. The Kier molecular flexibility index (Phi) is 6.54. The number of hydrogen-bond acceptors (Lipinski definition) is 7. The lowest BCUT2D eigenvalue weighted by molar-refractivity contribution is -0.219. The molecule has 0 spiro atoms. The van der Waals surface area contributed by atoms with E-state index in [-0.39, 0.29) is 18.9 Å². The molecule has 3 N–H and O–H groups in total.